The summed E-state index contributed by atoms with van der Waals surface area (Å²) < 4.78 is 43.2. The van der Waals surface area contributed by atoms with Gasteiger partial charge in [0.2, 0.25) is 0 Å². The first-order valence-electron chi connectivity index (χ1n) is 6.27. The number of carbonyl (C=O) groups is 1. The highest BCUT2D eigenvalue weighted by atomic mass is 19.4. The molecule has 0 aliphatic heterocycles. The van der Waals surface area contributed by atoms with Crippen molar-refractivity contribution in [3.63, 3.8) is 0 Å². The number of anilines is 1. The van der Waals surface area contributed by atoms with E-state index in [1.54, 1.807) is 18.3 Å². The molecule has 0 unspecified atom stereocenters. The number of fused-ring (bicyclic) bond motifs is 1. The zero-order chi connectivity index (χ0) is 15.7. The van der Waals surface area contributed by atoms with Gasteiger partial charge in [0.1, 0.15) is 5.52 Å². The molecule has 0 bridgehead atoms. The number of alkyl halides is 3. The number of nitrogens with zero attached hydrogens (tertiary/aromatic N) is 1. The lowest BCUT2D eigenvalue weighted by Gasteiger charge is -2.09. The summed E-state index contributed by atoms with van der Waals surface area (Å²) in [5, 5.41) is 2.37. The van der Waals surface area contributed by atoms with E-state index in [0.717, 1.165) is 12.1 Å². The molecule has 3 aromatic rings. The van der Waals surface area contributed by atoms with Gasteiger partial charge in [0.25, 0.3) is 5.91 Å². The van der Waals surface area contributed by atoms with Crippen LogP contribution in [0.4, 0.5) is 18.9 Å². The number of pyridine rings is 1. The summed E-state index contributed by atoms with van der Waals surface area (Å²) in [7, 11) is 0. The number of carbonyl (C=O) groups excluding carboxylic acids is 1. The average molecular weight is 306 g/mol. The molecule has 0 atom stereocenters. The Morgan fingerprint density at radius 3 is 2.68 bits per heavy atom. The Hall–Kier alpha value is -2.83. The number of furan rings is 1. The van der Waals surface area contributed by atoms with Crippen LogP contribution in [0.25, 0.3) is 11.1 Å². The second-order valence-electron chi connectivity index (χ2n) is 4.53. The lowest BCUT2D eigenvalue weighted by Crippen LogP contribution is -2.12. The van der Waals surface area contributed by atoms with Crippen molar-refractivity contribution in [2.45, 2.75) is 6.18 Å². The maximum atomic E-state index is 12.6. The molecule has 3 rings (SSSR count). The van der Waals surface area contributed by atoms with Crippen LogP contribution in [0.3, 0.4) is 0 Å². The molecule has 4 nitrogen and oxygen atoms in total. The Kier molecular flexibility index (Phi) is 3.32. The summed E-state index contributed by atoms with van der Waals surface area (Å²) in [5.41, 5.74) is 0.123. The van der Waals surface area contributed by atoms with Crippen LogP contribution in [0.2, 0.25) is 0 Å². The SMILES string of the molecule is O=C(Nc1cccc(C(F)(F)F)c1)c1cc2ncccc2o1. The van der Waals surface area contributed by atoms with Gasteiger partial charge < -0.3 is 9.73 Å². The standard InChI is InChI=1S/C15H9F3N2O2/c16-15(17,18)9-3-1-4-10(7-9)20-14(21)13-8-11-12(22-13)5-2-6-19-11/h1-8H,(H,20,21). The molecule has 112 valence electrons. The molecule has 0 saturated carbocycles. The molecule has 0 spiro atoms. The van der Waals surface area contributed by atoms with E-state index in [2.05, 4.69) is 10.3 Å². The zero-order valence-electron chi connectivity index (χ0n) is 11.0. The summed E-state index contributed by atoms with van der Waals surface area (Å²) in [6.07, 6.45) is -2.92. The van der Waals surface area contributed by atoms with E-state index >= 15 is 0 Å². The van der Waals surface area contributed by atoms with Crippen molar-refractivity contribution in [3.8, 4) is 0 Å². The fourth-order valence-electron chi connectivity index (χ4n) is 1.95. The highest BCUT2D eigenvalue weighted by Crippen LogP contribution is 2.30. The molecule has 2 aromatic heterocycles. The minimum absolute atomic E-state index is 0.0221. The molecule has 22 heavy (non-hydrogen) atoms. The van der Waals surface area contributed by atoms with Crippen LogP contribution in [0.1, 0.15) is 16.1 Å². The van der Waals surface area contributed by atoms with Crippen LogP contribution in [-0.2, 0) is 6.18 Å². The molecular formula is C15H9F3N2O2. The van der Waals surface area contributed by atoms with Gasteiger partial charge in [-0.05, 0) is 30.3 Å². The Bertz CT molecular complexity index is 807. The first-order chi connectivity index (χ1) is 10.4. The number of nitrogens with one attached hydrogen (secondary N) is 1. The molecule has 1 N–H and O–H groups in total. The predicted octanol–water partition coefficient (Wildman–Crippen LogP) is 4.10. The minimum Gasteiger partial charge on any atom is -0.449 e. The van der Waals surface area contributed by atoms with Crippen LogP contribution >= 0.6 is 0 Å². The van der Waals surface area contributed by atoms with Gasteiger partial charge in [-0.25, -0.2) is 0 Å². The second-order valence-corrected chi connectivity index (χ2v) is 4.53. The van der Waals surface area contributed by atoms with Gasteiger partial charge in [0.05, 0.1) is 5.56 Å². The largest absolute Gasteiger partial charge is 0.449 e. The molecular weight excluding hydrogens is 297 g/mol. The molecule has 0 saturated heterocycles. The smallest absolute Gasteiger partial charge is 0.416 e. The number of hydrogen-bond acceptors (Lipinski definition) is 3. The number of halogens is 3. The highest BCUT2D eigenvalue weighted by molar-refractivity contribution is 6.04. The zero-order valence-corrected chi connectivity index (χ0v) is 11.0. The van der Waals surface area contributed by atoms with Crippen LogP contribution < -0.4 is 5.32 Å². The van der Waals surface area contributed by atoms with Crippen molar-refractivity contribution in [2.24, 2.45) is 0 Å². The van der Waals surface area contributed by atoms with Crippen LogP contribution in [-0.4, -0.2) is 10.9 Å². The van der Waals surface area contributed by atoms with Gasteiger partial charge in [0, 0.05) is 18.0 Å². The molecule has 0 aliphatic rings. The third-order valence-corrected chi connectivity index (χ3v) is 2.96. The summed E-state index contributed by atoms with van der Waals surface area (Å²) >= 11 is 0. The van der Waals surface area contributed by atoms with E-state index in [1.807, 2.05) is 0 Å². The van der Waals surface area contributed by atoms with E-state index in [-0.39, 0.29) is 11.4 Å². The number of amides is 1. The first-order valence-corrected chi connectivity index (χ1v) is 6.27. The molecule has 0 radical (unpaired) electrons. The topological polar surface area (TPSA) is 55.1 Å². The van der Waals surface area contributed by atoms with Crippen molar-refractivity contribution in [1.29, 1.82) is 0 Å². The van der Waals surface area contributed by atoms with Crippen molar-refractivity contribution >= 4 is 22.7 Å². The first kappa shape index (κ1) is 14.1. The normalized spacial score (nSPS) is 11.6. The third kappa shape index (κ3) is 2.78. The van der Waals surface area contributed by atoms with Crippen molar-refractivity contribution in [2.75, 3.05) is 5.32 Å². The van der Waals surface area contributed by atoms with Crippen molar-refractivity contribution < 1.29 is 22.4 Å². The number of rotatable bonds is 2. The molecule has 1 amide bonds. The fraction of sp³-hybridized carbons (Fsp3) is 0.0667. The average Bonchev–Trinajstić information content (AvgIpc) is 2.90. The highest BCUT2D eigenvalue weighted by Gasteiger charge is 2.30. The lowest BCUT2D eigenvalue weighted by molar-refractivity contribution is -0.137. The van der Waals surface area contributed by atoms with Gasteiger partial charge in [-0.2, -0.15) is 13.2 Å². The number of hydrogen-bond donors (Lipinski definition) is 1. The summed E-state index contributed by atoms with van der Waals surface area (Å²) in [5.74, 6) is -0.663. The number of aromatic nitrogens is 1. The lowest BCUT2D eigenvalue weighted by atomic mass is 10.2. The Morgan fingerprint density at radius 1 is 1.14 bits per heavy atom. The quantitative estimate of drug-likeness (QED) is 0.775. The van der Waals surface area contributed by atoms with Crippen LogP contribution in [0, 0.1) is 0 Å². The molecule has 0 fully saturated rings. The summed E-state index contributed by atoms with van der Waals surface area (Å²) in [6.45, 7) is 0. The second kappa shape index (κ2) is 5.18. The van der Waals surface area contributed by atoms with Gasteiger partial charge in [-0.3, -0.25) is 9.78 Å². The van der Waals surface area contributed by atoms with E-state index in [1.165, 1.54) is 18.2 Å². The summed E-state index contributed by atoms with van der Waals surface area (Å²) in [4.78, 5) is 16.0. The molecule has 2 heterocycles. The van der Waals surface area contributed by atoms with E-state index in [4.69, 9.17) is 4.42 Å². The minimum atomic E-state index is -4.47. The molecule has 7 heteroatoms. The maximum absolute atomic E-state index is 12.6. The Morgan fingerprint density at radius 2 is 1.95 bits per heavy atom. The predicted molar refractivity (Wildman–Crippen MR) is 73.4 cm³/mol. The fourth-order valence-corrected chi connectivity index (χ4v) is 1.95. The van der Waals surface area contributed by atoms with Gasteiger partial charge in [-0.15, -0.1) is 0 Å². The Balaban J connectivity index is 1.85. The van der Waals surface area contributed by atoms with Gasteiger partial charge in [-0.1, -0.05) is 6.07 Å². The van der Waals surface area contributed by atoms with E-state index in [9.17, 15) is 18.0 Å². The monoisotopic (exact) mass is 306 g/mol. The maximum Gasteiger partial charge on any atom is 0.416 e. The van der Waals surface area contributed by atoms with E-state index in [0.29, 0.717) is 11.1 Å². The van der Waals surface area contributed by atoms with E-state index < -0.39 is 17.6 Å². The van der Waals surface area contributed by atoms with Gasteiger partial charge in [0.15, 0.2) is 11.3 Å². The van der Waals surface area contributed by atoms with Crippen LogP contribution in [0.5, 0.6) is 0 Å². The third-order valence-electron chi connectivity index (χ3n) is 2.96. The summed E-state index contributed by atoms with van der Waals surface area (Å²) in [6, 6.07) is 9.11. The number of benzene rings is 1. The molecule has 0 aliphatic carbocycles. The van der Waals surface area contributed by atoms with Crippen molar-refractivity contribution in [1.82, 2.24) is 4.98 Å². The Labute approximate surface area is 122 Å². The van der Waals surface area contributed by atoms with Crippen molar-refractivity contribution in [3.05, 3.63) is 60.0 Å². The molecule has 1 aromatic carbocycles. The van der Waals surface area contributed by atoms with Crippen LogP contribution in [0.15, 0.2) is 53.1 Å². The van der Waals surface area contributed by atoms with Gasteiger partial charge >= 0.3 is 6.18 Å².